The fourth-order valence-corrected chi connectivity index (χ4v) is 1.83. The van der Waals surface area contributed by atoms with Crippen LogP contribution in [0.25, 0.3) is 0 Å². The molecule has 0 saturated carbocycles. The molecule has 0 unspecified atom stereocenters. The fraction of sp³-hybridized carbons (Fsp3) is 0.818. The molecule has 0 aliphatic heterocycles. The Bertz CT molecular complexity index is 308. The number of hydrogen-bond acceptors (Lipinski definition) is 4. The van der Waals surface area contributed by atoms with Gasteiger partial charge in [0.2, 0.25) is 5.95 Å². The van der Waals surface area contributed by atoms with Crippen LogP contribution in [-0.2, 0) is 6.54 Å². The molecular weight excluding hydrogens is 202 g/mol. The zero-order valence-electron chi connectivity index (χ0n) is 11.2. The van der Waals surface area contributed by atoms with Crippen molar-refractivity contribution in [3.8, 4) is 0 Å². The van der Waals surface area contributed by atoms with Crippen LogP contribution in [0.5, 0.6) is 0 Å². The molecule has 16 heavy (non-hydrogen) atoms. The molecule has 0 atom stereocenters. The number of aromatic amines is 1. The van der Waals surface area contributed by atoms with Crippen molar-refractivity contribution in [3.63, 3.8) is 0 Å². The minimum absolute atomic E-state index is 0.406. The minimum atomic E-state index is 0.406. The summed E-state index contributed by atoms with van der Waals surface area (Å²) in [4.78, 5) is 8.78. The first-order chi connectivity index (χ1) is 7.41. The smallest absolute Gasteiger partial charge is 0.245 e. The van der Waals surface area contributed by atoms with Gasteiger partial charge in [-0.2, -0.15) is 4.98 Å². The quantitative estimate of drug-likeness (QED) is 0.825. The van der Waals surface area contributed by atoms with E-state index in [0.29, 0.717) is 12.1 Å². The first-order valence-electron chi connectivity index (χ1n) is 5.76. The first kappa shape index (κ1) is 13.0. The van der Waals surface area contributed by atoms with E-state index in [4.69, 9.17) is 0 Å². The van der Waals surface area contributed by atoms with E-state index >= 15 is 0 Å². The molecule has 0 aromatic carbocycles. The highest BCUT2D eigenvalue weighted by atomic mass is 15.4. The topological polar surface area (TPSA) is 48.1 Å². The van der Waals surface area contributed by atoms with Gasteiger partial charge < -0.3 is 9.80 Å². The summed E-state index contributed by atoms with van der Waals surface area (Å²) in [7, 11) is 4.04. The van der Waals surface area contributed by atoms with Gasteiger partial charge in [0.1, 0.15) is 5.82 Å². The molecule has 5 heteroatoms. The second-order valence-corrected chi connectivity index (χ2v) is 4.91. The third-order valence-electron chi connectivity index (χ3n) is 2.33. The Morgan fingerprint density at radius 1 is 1.12 bits per heavy atom. The highest BCUT2D eigenvalue weighted by Crippen LogP contribution is 2.14. The second-order valence-electron chi connectivity index (χ2n) is 4.91. The highest BCUT2D eigenvalue weighted by molar-refractivity contribution is 5.31. The van der Waals surface area contributed by atoms with Crippen molar-refractivity contribution in [1.29, 1.82) is 0 Å². The van der Waals surface area contributed by atoms with E-state index in [1.807, 2.05) is 14.1 Å². The minimum Gasteiger partial charge on any atom is -0.335 e. The lowest BCUT2D eigenvalue weighted by molar-refractivity contribution is 0.391. The van der Waals surface area contributed by atoms with E-state index in [-0.39, 0.29) is 0 Å². The molecule has 1 aromatic heterocycles. The predicted octanol–water partition coefficient (Wildman–Crippen LogP) is 1.49. The summed E-state index contributed by atoms with van der Waals surface area (Å²) in [5.74, 6) is 1.70. The van der Waals surface area contributed by atoms with Gasteiger partial charge in [0.25, 0.3) is 0 Å². The zero-order chi connectivity index (χ0) is 12.3. The van der Waals surface area contributed by atoms with E-state index in [9.17, 15) is 0 Å². The van der Waals surface area contributed by atoms with E-state index < -0.39 is 0 Å². The van der Waals surface area contributed by atoms with Crippen molar-refractivity contribution in [2.45, 2.75) is 46.3 Å². The third-order valence-corrected chi connectivity index (χ3v) is 2.33. The number of hydrogen-bond donors (Lipinski definition) is 1. The summed E-state index contributed by atoms with van der Waals surface area (Å²) in [5, 5.41) is 7.26. The number of aromatic nitrogens is 3. The molecule has 1 heterocycles. The van der Waals surface area contributed by atoms with Crippen LogP contribution in [0.3, 0.4) is 0 Å². The van der Waals surface area contributed by atoms with Crippen LogP contribution in [0, 0.1) is 0 Å². The average molecular weight is 225 g/mol. The van der Waals surface area contributed by atoms with Crippen molar-refractivity contribution >= 4 is 5.95 Å². The largest absolute Gasteiger partial charge is 0.335 e. The zero-order valence-corrected chi connectivity index (χ0v) is 11.2. The molecule has 1 N–H and O–H groups in total. The van der Waals surface area contributed by atoms with Crippen molar-refractivity contribution in [3.05, 3.63) is 5.82 Å². The van der Waals surface area contributed by atoms with Gasteiger partial charge in [0.15, 0.2) is 0 Å². The van der Waals surface area contributed by atoms with Crippen LogP contribution >= 0.6 is 0 Å². The van der Waals surface area contributed by atoms with Crippen molar-refractivity contribution in [2.24, 2.45) is 0 Å². The molecular formula is C11H23N5. The van der Waals surface area contributed by atoms with Crippen LogP contribution in [0.1, 0.15) is 33.5 Å². The Balaban J connectivity index is 2.82. The Kier molecular flexibility index (Phi) is 4.29. The molecule has 0 fully saturated rings. The fourth-order valence-electron chi connectivity index (χ4n) is 1.83. The lowest BCUT2D eigenvalue weighted by atomic mass is 10.2. The van der Waals surface area contributed by atoms with Crippen molar-refractivity contribution in [1.82, 2.24) is 20.1 Å². The van der Waals surface area contributed by atoms with E-state index in [0.717, 1.165) is 18.3 Å². The van der Waals surface area contributed by atoms with Crippen molar-refractivity contribution < 1.29 is 0 Å². The van der Waals surface area contributed by atoms with E-state index in [1.54, 1.807) is 0 Å². The van der Waals surface area contributed by atoms with Crippen LogP contribution in [0.4, 0.5) is 5.95 Å². The maximum atomic E-state index is 4.51. The van der Waals surface area contributed by atoms with E-state index in [1.165, 1.54) is 0 Å². The summed E-state index contributed by atoms with van der Waals surface area (Å²) in [5.41, 5.74) is 0. The Morgan fingerprint density at radius 2 is 1.69 bits per heavy atom. The van der Waals surface area contributed by atoms with Gasteiger partial charge in [0.05, 0.1) is 6.54 Å². The van der Waals surface area contributed by atoms with Gasteiger partial charge in [-0.1, -0.05) is 0 Å². The molecule has 0 radical (unpaired) electrons. The van der Waals surface area contributed by atoms with Gasteiger partial charge in [-0.15, -0.1) is 5.10 Å². The summed E-state index contributed by atoms with van der Waals surface area (Å²) in [6.45, 7) is 9.41. The van der Waals surface area contributed by atoms with Crippen LogP contribution in [-0.4, -0.2) is 46.3 Å². The van der Waals surface area contributed by atoms with Crippen LogP contribution in [0.15, 0.2) is 0 Å². The molecule has 1 aromatic rings. The molecule has 0 aliphatic rings. The normalized spacial score (nSPS) is 11.8. The van der Waals surface area contributed by atoms with Crippen LogP contribution < -0.4 is 4.90 Å². The molecule has 1 rings (SSSR count). The number of anilines is 1. The Hall–Kier alpha value is -1.10. The van der Waals surface area contributed by atoms with Crippen LogP contribution in [0.2, 0.25) is 0 Å². The molecule has 0 spiro atoms. The van der Waals surface area contributed by atoms with Crippen molar-refractivity contribution in [2.75, 3.05) is 19.0 Å². The lowest BCUT2D eigenvalue weighted by Crippen LogP contribution is -2.37. The number of H-pyrrole nitrogens is 1. The molecule has 0 saturated heterocycles. The molecule has 0 aliphatic carbocycles. The molecule has 0 bridgehead atoms. The lowest BCUT2D eigenvalue weighted by Gasteiger charge is -2.29. The maximum absolute atomic E-state index is 4.51. The van der Waals surface area contributed by atoms with E-state index in [2.05, 4.69) is 52.7 Å². The third kappa shape index (κ3) is 3.20. The molecule has 5 nitrogen and oxygen atoms in total. The summed E-state index contributed by atoms with van der Waals surface area (Å²) >= 11 is 0. The summed E-state index contributed by atoms with van der Waals surface area (Å²) in [6, 6.07) is 0.811. The highest BCUT2D eigenvalue weighted by Gasteiger charge is 2.18. The summed E-state index contributed by atoms with van der Waals surface area (Å²) < 4.78 is 0. The monoisotopic (exact) mass is 225 g/mol. The van der Waals surface area contributed by atoms with Gasteiger partial charge in [-0.05, 0) is 41.8 Å². The standard InChI is InChI=1S/C11H23N5/c1-8(2)16(9(3)4)11-12-10(13-14-11)7-15(5)6/h8-9H,7H2,1-6H3,(H,12,13,14). The SMILES string of the molecule is CC(C)N(c1n[nH]c(CN(C)C)n1)C(C)C. The van der Waals surface area contributed by atoms with Gasteiger partial charge >= 0.3 is 0 Å². The molecule has 92 valence electrons. The number of rotatable bonds is 5. The summed E-state index contributed by atoms with van der Waals surface area (Å²) in [6.07, 6.45) is 0. The predicted molar refractivity (Wildman–Crippen MR) is 66.5 cm³/mol. The van der Waals surface area contributed by atoms with Gasteiger partial charge in [-0.25, -0.2) is 0 Å². The van der Waals surface area contributed by atoms with Gasteiger partial charge in [0, 0.05) is 12.1 Å². The maximum Gasteiger partial charge on any atom is 0.245 e. The second kappa shape index (κ2) is 5.30. The number of nitrogens with one attached hydrogen (secondary N) is 1. The first-order valence-corrected chi connectivity index (χ1v) is 5.76. The average Bonchev–Trinajstić information content (AvgIpc) is 2.50. The number of nitrogens with zero attached hydrogens (tertiary/aromatic N) is 4. The Morgan fingerprint density at radius 3 is 2.12 bits per heavy atom. The molecule has 0 amide bonds. The Labute approximate surface area is 97.9 Å². The van der Waals surface area contributed by atoms with Gasteiger partial charge in [-0.3, -0.25) is 5.10 Å².